The minimum absolute atomic E-state index is 0.0124. The minimum Gasteiger partial charge on any atom is -0.474 e. The summed E-state index contributed by atoms with van der Waals surface area (Å²) in [6, 6.07) is 15.8. The van der Waals surface area contributed by atoms with E-state index in [1.165, 1.54) is 6.07 Å². The number of piperidine rings is 1. The summed E-state index contributed by atoms with van der Waals surface area (Å²) in [4.78, 5) is 33.3. The van der Waals surface area contributed by atoms with Crippen LogP contribution in [0, 0.1) is 12.7 Å². The number of halogens is 2. The van der Waals surface area contributed by atoms with Gasteiger partial charge in [-0.3, -0.25) is 14.7 Å². The highest BCUT2D eigenvalue weighted by Gasteiger charge is 2.26. The molecule has 242 valence electrons. The molecule has 2 saturated heterocycles. The maximum atomic E-state index is 14.3. The van der Waals surface area contributed by atoms with Crippen LogP contribution in [0.2, 0.25) is 5.02 Å². The van der Waals surface area contributed by atoms with Gasteiger partial charge in [0.05, 0.1) is 35.8 Å². The number of ether oxygens (including phenoxy) is 2. The number of fused-ring (bicyclic) bond motifs is 1. The van der Waals surface area contributed by atoms with Gasteiger partial charge in [-0.15, -0.1) is 0 Å². The van der Waals surface area contributed by atoms with Gasteiger partial charge in [0.2, 0.25) is 5.88 Å². The van der Waals surface area contributed by atoms with E-state index in [0.717, 1.165) is 68.1 Å². The van der Waals surface area contributed by atoms with E-state index in [9.17, 15) is 9.18 Å². The van der Waals surface area contributed by atoms with Crippen molar-refractivity contribution in [1.82, 2.24) is 29.4 Å². The van der Waals surface area contributed by atoms with Crippen molar-refractivity contribution in [3.8, 4) is 5.88 Å². The first kappa shape index (κ1) is 31.2. The third kappa shape index (κ3) is 7.43. The van der Waals surface area contributed by atoms with Crippen molar-refractivity contribution in [2.24, 2.45) is 0 Å². The molecule has 1 atom stereocenters. The van der Waals surface area contributed by atoms with Crippen molar-refractivity contribution in [2.45, 2.75) is 57.9 Å². The molecule has 2 aliphatic rings. The van der Waals surface area contributed by atoms with Crippen LogP contribution < -0.4 is 10.1 Å². The summed E-state index contributed by atoms with van der Waals surface area (Å²) in [5.74, 6) is 1.36. The first-order chi connectivity index (χ1) is 22.9. The Labute approximate surface area is 276 Å². The predicted octanol–water partition coefficient (Wildman–Crippen LogP) is 6.00. The zero-order chi connectivity index (χ0) is 32.3. The highest BCUT2D eigenvalue weighted by Crippen LogP contribution is 2.26. The minimum atomic E-state index is -0.378. The van der Waals surface area contributed by atoms with Gasteiger partial charge in [0.1, 0.15) is 23.6 Å². The lowest BCUT2D eigenvalue weighted by Gasteiger charge is -2.32. The number of nitrogens with one attached hydrogen (secondary N) is 1. The molecule has 12 heteroatoms. The van der Waals surface area contributed by atoms with Crippen molar-refractivity contribution < 1.29 is 18.7 Å². The summed E-state index contributed by atoms with van der Waals surface area (Å²) in [6.07, 6.45) is 6.37. The molecule has 1 unspecified atom stereocenters. The molecule has 0 saturated carbocycles. The number of pyridine rings is 1. The van der Waals surface area contributed by atoms with Gasteiger partial charge in [-0.05, 0) is 74.2 Å². The third-order valence-electron chi connectivity index (χ3n) is 8.67. The first-order valence-corrected chi connectivity index (χ1v) is 16.2. The van der Waals surface area contributed by atoms with Gasteiger partial charge in [-0.2, -0.15) is 4.98 Å². The average Bonchev–Trinajstić information content (AvgIpc) is 3.37. The van der Waals surface area contributed by atoms with Crippen LogP contribution in [0.1, 0.15) is 52.5 Å². The number of likely N-dealkylation sites (tertiary alicyclic amines) is 1. The van der Waals surface area contributed by atoms with Crippen molar-refractivity contribution in [3.05, 3.63) is 106 Å². The number of carbonyl (C=O) groups excluding carboxylic acids is 1. The first-order valence-electron chi connectivity index (χ1n) is 15.9. The van der Waals surface area contributed by atoms with Gasteiger partial charge in [0.25, 0.3) is 5.91 Å². The summed E-state index contributed by atoms with van der Waals surface area (Å²) < 4.78 is 28.6. The van der Waals surface area contributed by atoms with Crippen molar-refractivity contribution >= 4 is 34.2 Å². The standard InChI is InChI=1S/C35H35ClFN7O3/c1-22-2-3-24(19-39-22)35(45)40-26-6-7-31-30(18-26)41-33(44(31)20-28-11-15-46-28)21-43-13-9-27(10-14-43)47-34-8-12-38-32(42-34)16-23-4-5-25(36)17-29(23)37/h2-8,12,17-19,27-28H,9-11,13-16,20-21H2,1H3,(H,40,45). The molecule has 2 aliphatic heterocycles. The quantitative estimate of drug-likeness (QED) is 0.195. The van der Waals surface area contributed by atoms with E-state index in [1.807, 2.05) is 31.2 Å². The van der Waals surface area contributed by atoms with Crippen LogP contribution in [0.4, 0.5) is 10.1 Å². The number of carbonyl (C=O) groups is 1. The van der Waals surface area contributed by atoms with Gasteiger partial charge < -0.3 is 19.4 Å². The molecule has 0 bridgehead atoms. The lowest BCUT2D eigenvalue weighted by Crippen LogP contribution is -2.39. The van der Waals surface area contributed by atoms with Crippen LogP contribution in [0.25, 0.3) is 11.0 Å². The number of anilines is 1. The van der Waals surface area contributed by atoms with Gasteiger partial charge in [-0.25, -0.2) is 14.4 Å². The Morgan fingerprint density at radius 3 is 2.66 bits per heavy atom. The van der Waals surface area contributed by atoms with Gasteiger partial charge >= 0.3 is 0 Å². The van der Waals surface area contributed by atoms with Crippen LogP contribution in [-0.2, 0) is 24.2 Å². The Morgan fingerprint density at radius 1 is 1.06 bits per heavy atom. The van der Waals surface area contributed by atoms with E-state index < -0.39 is 0 Å². The topological polar surface area (TPSA) is 107 Å². The second kappa shape index (κ2) is 13.7. The highest BCUT2D eigenvalue weighted by atomic mass is 35.5. The van der Waals surface area contributed by atoms with Crippen molar-refractivity contribution in [2.75, 3.05) is 25.0 Å². The van der Waals surface area contributed by atoms with E-state index >= 15 is 0 Å². The Morgan fingerprint density at radius 2 is 1.91 bits per heavy atom. The normalized spacial score (nSPS) is 17.0. The molecule has 10 nitrogen and oxygen atoms in total. The second-order valence-corrected chi connectivity index (χ2v) is 12.5. The van der Waals surface area contributed by atoms with Crippen LogP contribution >= 0.6 is 11.6 Å². The highest BCUT2D eigenvalue weighted by molar-refractivity contribution is 6.30. The SMILES string of the molecule is Cc1ccc(C(=O)Nc2ccc3c(c2)nc(CN2CCC(Oc4ccnc(Cc5ccc(Cl)cc5F)n4)CC2)n3CC2CCO2)cn1. The fourth-order valence-electron chi connectivity index (χ4n) is 5.94. The molecule has 1 N–H and O–H groups in total. The van der Waals surface area contributed by atoms with E-state index in [0.29, 0.717) is 40.1 Å². The number of hydrogen-bond acceptors (Lipinski definition) is 8. The Bertz CT molecular complexity index is 1890. The van der Waals surface area contributed by atoms with E-state index in [1.54, 1.807) is 36.7 Å². The third-order valence-corrected chi connectivity index (χ3v) is 8.90. The monoisotopic (exact) mass is 655 g/mol. The molecule has 0 radical (unpaired) electrons. The number of nitrogens with zero attached hydrogens (tertiary/aromatic N) is 6. The largest absolute Gasteiger partial charge is 0.474 e. The Kier molecular flexibility index (Phi) is 9.10. The maximum absolute atomic E-state index is 14.3. The van der Waals surface area contributed by atoms with Crippen LogP contribution in [0.5, 0.6) is 5.88 Å². The Hall–Kier alpha value is -4.45. The summed E-state index contributed by atoms with van der Waals surface area (Å²) >= 11 is 5.89. The maximum Gasteiger partial charge on any atom is 0.257 e. The van der Waals surface area contributed by atoms with E-state index in [4.69, 9.17) is 26.1 Å². The molecule has 0 spiro atoms. The van der Waals surface area contributed by atoms with E-state index in [-0.39, 0.29) is 30.4 Å². The van der Waals surface area contributed by atoms with Crippen molar-refractivity contribution in [1.29, 1.82) is 0 Å². The molecule has 2 aromatic carbocycles. The fourth-order valence-corrected chi connectivity index (χ4v) is 6.10. The number of amides is 1. The predicted molar refractivity (Wildman–Crippen MR) is 176 cm³/mol. The van der Waals surface area contributed by atoms with Crippen molar-refractivity contribution in [3.63, 3.8) is 0 Å². The molecule has 0 aliphatic carbocycles. The fraction of sp³-hybridized carbons (Fsp3) is 0.343. The lowest BCUT2D eigenvalue weighted by atomic mass is 10.1. The lowest BCUT2D eigenvalue weighted by molar-refractivity contribution is -0.0592. The van der Waals surface area contributed by atoms with Crippen LogP contribution in [-0.4, -0.2) is 67.2 Å². The smallest absolute Gasteiger partial charge is 0.257 e. The summed E-state index contributed by atoms with van der Waals surface area (Å²) in [6.45, 7) is 5.79. The molecule has 7 rings (SSSR count). The molecule has 3 aromatic heterocycles. The van der Waals surface area contributed by atoms with E-state index in [2.05, 4.69) is 29.7 Å². The molecule has 5 aromatic rings. The average molecular weight is 656 g/mol. The zero-order valence-corrected chi connectivity index (χ0v) is 26.8. The summed E-state index contributed by atoms with van der Waals surface area (Å²) in [5, 5.41) is 3.33. The Balaban J connectivity index is 0.996. The number of aryl methyl sites for hydroxylation is 1. The molecule has 1 amide bonds. The molecular formula is C35H35ClFN7O3. The molecule has 2 fully saturated rings. The molecule has 5 heterocycles. The number of aromatic nitrogens is 5. The van der Waals surface area contributed by atoms with Crippen LogP contribution in [0.3, 0.4) is 0 Å². The van der Waals surface area contributed by atoms with Gasteiger partial charge in [0, 0.05) is 61.0 Å². The van der Waals surface area contributed by atoms with Gasteiger partial charge in [-0.1, -0.05) is 17.7 Å². The second-order valence-electron chi connectivity index (χ2n) is 12.1. The van der Waals surface area contributed by atoms with Gasteiger partial charge in [0.15, 0.2) is 0 Å². The molecular weight excluding hydrogens is 621 g/mol. The van der Waals surface area contributed by atoms with Crippen LogP contribution in [0.15, 0.2) is 67.0 Å². The number of rotatable bonds is 10. The number of benzene rings is 2. The number of hydrogen-bond donors (Lipinski definition) is 1. The summed E-state index contributed by atoms with van der Waals surface area (Å²) in [7, 11) is 0. The number of imidazole rings is 1. The molecule has 47 heavy (non-hydrogen) atoms. The zero-order valence-electron chi connectivity index (χ0n) is 26.0. The summed E-state index contributed by atoms with van der Waals surface area (Å²) in [5.41, 5.74) is 4.37.